The number of aliphatic carboxylic acids is 1. The quantitative estimate of drug-likeness (QED) is 0.882. The van der Waals surface area contributed by atoms with Gasteiger partial charge >= 0.3 is 5.97 Å². The molecule has 2 aromatic rings. The van der Waals surface area contributed by atoms with Crippen LogP contribution in [-0.4, -0.2) is 24.5 Å². The van der Waals surface area contributed by atoms with E-state index in [9.17, 15) is 13.2 Å². The van der Waals surface area contributed by atoms with E-state index in [4.69, 9.17) is 5.11 Å². The van der Waals surface area contributed by atoms with Crippen LogP contribution in [0.4, 0.5) is 0 Å². The van der Waals surface area contributed by atoms with Crippen molar-refractivity contribution in [1.29, 1.82) is 0 Å². The summed E-state index contributed by atoms with van der Waals surface area (Å²) in [5.41, 5.74) is 1.35. The van der Waals surface area contributed by atoms with Crippen LogP contribution in [-0.2, 0) is 26.8 Å². The molecule has 112 valence electrons. The van der Waals surface area contributed by atoms with Crippen molar-refractivity contribution in [3.8, 4) is 0 Å². The SMILES string of the molecule is Cc1nc(CS(=O)(=O)c2ccc(CCC(=O)O)cc2)cs1. The summed E-state index contributed by atoms with van der Waals surface area (Å²) < 4.78 is 24.5. The van der Waals surface area contributed by atoms with Gasteiger partial charge in [-0.2, -0.15) is 0 Å². The minimum Gasteiger partial charge on any atom is -0.481 e. The fourth-order valence-corrected chi connectivity index (χ4v) is 3.84. The summed E-state index contributed by atoms with van der Waals surface area (Å²) in [4.78, 5) is 14.9. The highest BCUT2D eigenvalue weighted by molar-refractivity contribution is 7.90. The van der Waals surface area contributed by atoms with Crippen molar-refractivity contribution < 1.29 is 18.3 Å². The third-order valence-corrected chi connectivity index (χ3v) is 5.40. The molecule has 1 aromatic carbocycles. The molecule has 0 bridgehead atoms. The lowest BCUT2D eigenvalue weighted by Crippen LogP contribution is -2.05. The van der Waals surface area contributed by atoms with Crippen LogP contribution in [0.2, 0.25) is 0 Å². The Kier molecular flexibility index (Phi) is 4.74. The molecule has 0 amide bonds. The van der Waals surface area contributed by atoms with Gasteiger partial charge in [-0.1, -0.05) is 12.1 Å². The Hall–Kier alpha value is -1.73. The standard InChI is InChI=1S/C14H15NO4S2/c1-10-15-12(8-20-10)9-21(18,19)13-5-2-11(3-6-13)4-7-14(16)17/h2-3,5-6,8H,4,7,9H2,1H3,(H,16,17). The first-order valence-electron chi connectivity index (χ1n) is 6.31. The van der Waals surface area contributed by atoms with Crippen molar-refractivity contribution in [3.05, 3.63) is 45.9 Å². The van der Waals surface area contributed by atoms with Crippen molar-refractivity contribution in [1.82, 2.24) is 4.98 Å². The van der Waals surface area contributed by atoms with E-state index in [1.165, 1.54) is 23.5 Å². The highest BCUT2D eigenvalue weighted by Gasteiger charge is 2.17. The van der Waals surface area contributed by atoms with Gasteiger partial charge in [0.25, 0.3) is 0 Å². The number of hydrogen-bond donors (Lipinski definition) is 1. The molecular weight excluding hydrogens is 310 g/mol. The number of aryl methyl sites for hydroxylation is 2. The average Bonchev–Trinajstić information content (AvgIpc) is 2.81. The van der Waals surface area contributed by atoms with Gasteiger partial charge in [-0.05, 0) is 31.0 Å². The van der Waals surface area contributed by atoms with Gasteiger partial charge in [0, 0.05) is 11.8 Å². The van der Waals surface area contributed by atoms with Crippen LogP contribution in [0.5, 0.6) is 0 Å². The third-order valence-electron chi connectivity index (χ3n) is 2.91. The first kappa shape index (κ1) is 15.7. The van der Waals surface area contributed by atoms with Crippen LogP contribution in [0.25, 0.3) is 0 Å². The number of rotatable bonds is 6. The Morgan fingerprint density at radius 1 is 1.29 bits per heavy atom. The Bertz CT molecular complexity index is 733. The molecule has 0 aliphatic rings. The smallest absolute Gasteiger partial charge is 0.303 e. The van der Waals surface area contributed by atoms with Gasteiger partial charge in [0.05, 0.1) is 21.3 Å². The molecular formula is C14H15NO4S2. The first-order chi connectivity index (χ1) is 9.87. The second-order valence-electron chi connectivity index (χ2n) is 4.65. The van der Waals surface area contributed by atoms with Gasteiger partial charge in [-0.15, -0.1) is 11.3 Å². The number of hydrogen-bond acceptors (Lipinski definition) is 5. The molecule has 0 saturated carbocycles. The number of sulfone groups is 1. The largest absolute Gasteiger partial charge is 0.481 e. The normalized spacial score (nSPS) is 11.5. The summed E-state index contributed by atoms with van der Waals surface area (Å²) in [6.07, 6.45) is 0.422. The zero-order chi connectivity index (χ0) is 15.5. The molecule has 5 nitrogen and oxygen atoms in total. The Morgan fingerprint density at radius 2 is 1.95 bits per heavy atom. The predicted molar refractivity (Wildman–Crippen MR) is 80.1 cm³/mol. The minimum absolute atomic E-state index is 0.0319. The van der Waals surface area contributed by atoms with Gasteiger partial charge in [-0.25, -0.2) is 13.4 Å². The Labute approximate surface area is 127 Å². The van der Waals surface area contributed by atoms with E-state index in [0.717, 1.165) is 10.6 Å². The highest BCUT2D eigenvalue weighted by Crippen LogP contribution is 2.19. The van der Waals surface area contributed by atoms with Crippen molar-refractivity contribution >= 4 is 27.1 Å². The van der Waals surface area contributed by atoms with Gasteiger partial charge in [-0.3, -0.25) is 4.79 Å². The van der Waals surface area contributed by atoms with E-state index >= 15 is 0 Å². The average molecular weight is 325 g/mol. The van der Waals surface area contributed by atoms with Crippen molar-refractivity contribution in [3.63, 3.8) is 0 Å². The van der Waals surface area contributed by atoms with Crippen molar-refractivity contribution in [2.45, 2.75) is 30.4 Å². The van der Waals surface area contributed by atoms with Crippen molar-refractivity contribution in [2.24, 2.45) is 0 Å². The number of aromatic nitrogens is 1. The van der Waals surface area contributed by atoms with Crippen LogP contribution in [0.15, 0.2) is 34.5 Å². The lowest BCUT2D eigenvalue weighted by molar-refractivity contribution is -0.136. The van der Waals surface area contributed by atoms with Crippen LogP contribution in [0.3, 0.4) is 0 Å². The molecule has 1 N–H and O–H groups in total. The van der Waals surface area contributed by atoms with Gasteiger partial charge in [0.15, 0.2) is 9.84 Å². The maximum atomic E-state index is 12.3. The van der Waals surface area contributed by atoms with Crippen LogP contribution < -0.4 is 0 Å². The zero-order valence-electron chi connectivity index (χ0n) is 11.4. The van der Waals surface area contributed by atoms with E-state index in [-0.39, 0.29) is 17.1 Å². The number of nitrogens with zero attached hydrogens (tertiary/aromatic N) is 1. The maximum Gasteiger partial charge on any atom is 0.303 e. The summed E-state index contributed by atoms with van der Waals surface area (Å²) in [6, 6.07) is 6.35. The summed E-state index contributed by atoms with van der Waals surface area (Å²) in [5, 5.41) is 11.2. The zero-order valence-corrected chi connectivity index (χ0v) is 13.1. The molecule has 0 aliphatic carbocycles. The molecule has 21 heavy (non-hydrogen) atoms. The fourth-order valence-electron chi connectivity index (χ4n) is 1.87. The molecule has 1 heterocycles. The maximum absolute atomic E-state index is 12.3. The molecule has 0 spiro atoms. The second kappa shape index (κ2) is 6.36. The van der Waals surface area contributed by atoms with Gasteiger partial charge in [0.2, 0.25) is 0 Å². The molecule has 1 aromatic heterocycles. The van der Waals surface area contributed by atoms with E-state index in [2.05, 4.69) is 4.98 Å². The Balaban J connectivity index is 2.11. The minimum atomic E-state index is -3.42. The predicted octanol–water partition coefficient (Wildman–Crippen LogP) is 2.44. The second-order valence-corrected chi connectivity index (χ2v) is 7.71. The highest BCUT2D eigenvalue weighted by atomic mass is 32.2. The van der Waals surface area contributed by atoms with E-state index in [1.54, 1.807) is 17.5 Å². The molecule has 0 radical (unpaired) electrons. The van der Waals surface area contributed by atoms with E-state index in [1.807, 2.05) is 6.92 Å². The summed E-state index contributed by atoms with van der Waals surface area (Å²) in [5.74, 6) is -0.989. The molecule has 0 fully saturated rings. The molecule has 0 aliphatic heterocycles. The molecule has 0 unspecified atom stereocenters. The van der Waals surface area contributed by atoms with E-state index in [0.29, 0.717) is 12.1 Å². The molecule has 0 saturated heterocycles. The molecule has 0 atom stereocenters. The lowest BCUT2D eigenvalue weighted by atomic mass is 10.1. The fraction of sp³-hybridized carbons (Fsp3) is 0.286. The van der Waals surface area contributed by atoms with Crippen molar-refractivity contribution in [2.75, 3.05) is 0 Å². The van der Waals surface area contributed by atoms with Crippen LogP contribution >= 0.6 is 11.3 Å². The number of benzene rings is 1. The summed E-state index contributed by atoms with van der Waals surface area (Å²) >= 11 is 1.42. The molecule has 7 heteroatoms. The van der Waals surface area contributed by atoms with Crippen LogP contribution in [0.1, 0.15) is 22.7 Å². The monoisotopic (exact) mass is 325 g/mol. The number of thiazole rings is 1. The number of carboxylic acids is 1. The molecule has 2 rings (SSSR count). The first-order valence-corrected chi connectivity index (χ1v) is 8.84. The van der Waals surface area contributed by atoms with E-state index < -0.39 is 15.8 Å². The number of carboxylic acid groups (broad SMARTS) is 1. The van der Waals surface area contributed by atoms with Gasteiger partial charge < -0.3 is 5.11 Å². The summed E-state index contributed by atoms with van der Waals surface area (Å²) in [7, 11) is -3.42. The lowest BCUT2D eigenvalue weighted by Gasteiger charge is -2.04. The summed E-state index contributed by atoms with van der Waals surface area (Å²) in [6.45, 7) is 1.83. The third kappa shape index (κ3) is 4.37. The van der Waals surface area contributed by atoms with Crippen LogP contribution in [0, 0.1) is 6.92 Å². The Morgan fingerprint density at radius 3 is 2.48 bits per heavy atom. The number of carbonyl (C=O) groups is 1. The topological polar surface area (TPSA) is 84.3 Å². The van der Waals surface area contributed by atoms with Gasteiger partial charge in [0.1, 0.15) is 0 Å².